The number of aryl methyl sites for hydroxylation is 1. The standard InChI is InChI=1S/C21H16N2O4S2/c1-12-7-9-13(10-8-12)23-20(26)18(29-21(23)28)17-14-5-3-4-6-15(14)22(19(17)25)11-16(24)27-2/h3-10H,11H2,1-2H3. The van der Waals surface area contributed by atoms with Crippen LogP contribution >= 0.6 is 24.0 Å². The van der Waals surface area contributed by atoms with E-state index in [1.54, 1.807) is 24.3 Å². The number of thioether (sulfide) groups is 1. The third kappa shape index (κ3) is 3.24. The summed E-state index contributed by atoms with van der Waals surface area (Å²) in [7, 11) is 1.27. The molecule has 2 amide bonds. The van der Waals surface area contributed by atoms with Crippen LogP contribution in [0.25, 0.3) is 5.57 Å². The first-order valence-corrected chi connectivity index (χ1v) is 10.00. The lowest BCUT2D eigenvalue weighted by molar-refractivity contribution is -0.139. The van der Waals surface area contributed by atoms with E-state index < -0.39 is 11.9 Å². The maximum atomic E-state index is 13.2. The van der Waals surface area contributed by atoms with Crippen LogP contribution in [0.1, 0.15) is 11.1 Å². The number of nitrogens with zero attached hydrogens (tertiary/aromatic N) is 2. The van der Waals surface area contributed by atoms with Gasteiger partial charge >= 0.3 is 5.97 Å². The van der Waals surface area contributed by atoms with Gasteiger partial charge in [0.25, 0.3) is 11.8 Å². The van der Waals surface area contributed by atoms with E-state index in [9.17, 15) is 14.4 Å². The smallest absolute Gasteiger partial charge is 0.325 e. The third-order valence-corrected chi connectivity index (χ3v) is 6.10. The Kier molecular flexibility index (Phi) is 4.97. The molecule has 2 heterocycles. The van der Waals surface area contributed by atoms with Crippen LogP contribution in [0.2, 0.25) is 0 Å². The second-order valence-corrected chi connectivity index (χ2v) is 8.18. The van der Waals surface area contributed by atoms with Gasteiger partial charge in [0.05, 0.1) is 29.0 Å². The zero-order valence-corrected chi connectivity index (χ0v) is 17.3. The second-order valence-electron chi connectivity index (χ2n) is 6.53. The van der Waals surface area contributed by atoms with Crippen molar-refractivity contribution >= 4 is 63.0 Å². The summed E-state index contributed by atoms with van der Waals surface area (Å²) in [5, 5.41) is 0. The molecule has 0 radical (unpaired) electrons. The quantitative estimate of drug-likeness (QED) is 0.428. The molecule has 0 bridgehead atoms. The molecule has 146 valence electrons. The monoisotopic (exact) mass is 424 g/mol. The van der Waals surface area contributed by atoms with Gasteiger partial charge in [-0.15, -0.1) is 0 Å². The normalized spacial score (nSPS) is 18.5. The van der Waals surface area contributed by atoms with Gasteiger partial charge < -0.3 is 4.74 Å². The number of benzene rings is 2. The highest BCUT2D eigenvalue weighted by molar-refractivity contribution is 8.27. The van der Waals surface area contributed by atoms with Crippen LogP contribution in [0.3, 0.4) is 0 Å². The molecule has 0 N–H and O–H groups in total. The fourth-order valence-electron chi connectivity index (χ4n) is 3.29. The van der Waals surface area contributed by atoms with Gasteiger partial charge in [0, 0.05) is 5.56 Å². The summed E-state index contributed by atoms with van der Waals surface area (Å²) in [6, 6.07) is 14.5. The Morgan fingerprint density at radius 2 is 1.76 bits per heavy atom. The second kappa shape index (κ2) is 7.46. The van der Waals surface area contributed by atoms with Crippen molar-refractivity contribution in [3.8, 4) is 0 Å². The molecule has 4 rings (SSSR count). The van der Waals surface area contributed by atoms with Crippen LogP contribution in [0.5, 0.6) is 0 Å². The number of esters is 1. The first-order valence-electron chi connectivity index (χ1n) is 8.77. The third-order valence-electron chi connectivity index (χ3n) is 4.73. The molecule has 0 atom stereocenters. The summed E-state index contributed by atoms with van der Waals surface area (Å²) in [5.74, 6) is -1.30. The van der Waals surface area contributed by atoms with Crippen molar-refractivity contribution in [3.05, 3.63) is 64.6 Å². The Hall–Kier alpha value is -2.97. The summed E-state index contributed by atoms with van der Waals surface area (Å²) in [4.78, 5) is 41.2. The molecule has 1 fully saturated rings. The van der Waals surface area contributed by atoms with E-state index in [0.717, 1.165) is 17.3 Å². The first-order chi connectivity index (χ1) is 13.9. The van der Waals surface area contributed by atoms with Gasteiger partial charge in [-0.3, -0.25) is 24.2 Å². The number of thiocarbonyl (C=S) groups is 1. The molecule has 29 heavy (non-hydrogen) atoms. The van der Waals surface area contributed by atoms with Crippen LogP contribution in [0.4, 0.5) is 11.4 Å². The van der Waals surface area contributed by atoms with Crippen LogP contribution < -0.4 is 9.80 Å². The topological polar surface area (TPSA) is 66.9 Å². The average molecular weight is 425 g/mol. The lowest BCUT2D eigenvalue weighted by Gasteiger charge is -2.15. The molecule has 0 saturated carbocycles. The highest BCUT2D eigenvalue weighted by atomic mass is 32.2. The molecule has 1 saturated heterocycles. The van der Waals surface area contributed by atoms with E-state index in [1.807, 2.05) is 31.2 Å². The number of hydrogen-bond acceptors (Lipinski definition) is 6. The predicted octanol–water partition coefficient (Wildman–Crippen LogP) is 3.29. The molecule has 8 heteroatoms. The van der Waals surface area contributed by atoms with Crippen molar-refractivity contribution in [2.75, 3.05) is 23.5 Å². The molecule has 0 aromatic heterocycles. The fraction of sp³-hybridized carbons (Fsp3) is 0.143. The molecular weight excluding hydrogens is 408 g/mol. The van der Waals surface area contributed by atoms with E-state index in [2.05, 4.69) is 0 Å². The Balaban J connectivity index is 1.79. The molecule has 0 spiro atoms. The maximum Gasteiger partial charge on any atom is 0.325 e. The number of methoxy groups -OCH3 is 1. The minimum absolute atomic E-state index is 0.228. The van der Waals surface area contributed by atoms with E-state index in [0.29, 0.717) is 21.3 Å². The number of carbonyl (C=O) groups excluding carboxylic acids is 3. The van der Waals surface area contributed by atoms with Crippen LogP contribution in [-0.2, 0) is 19.1 Å². The predicted molar refractivity (Wildman–Crippen MR) is 117 cm³/mol. The van der Waals surface area contributed by atoms with Crippen molar-refractivity contribution in [2.45, 2.75) is 6.92 Å². The number of hydrogen-bond donors (Lipinski definition) is 0. The molecule has 2 aromatic rings. The summed E-state index contributed by atoms with van der Waals surface area (Å²) in [6.07, 6.45) is 0. The van der Waals surface area contributed by atoms with Crippen molar-refractivity contribution in [2.24, 2.45) is 0 Å². The lowest BCUT2D eigenvalue weighted by Crippen LogP contribution is -2.33. The van der Waals surface area contributed by atoms with Crippen molar-refractivity contribution in [3.63, 3.8) is 0 Å². The zero-order valence-electron chi connectivity index (χ0n) is 15.7. The number of amides is 2. The van der Waals surface area contributed by atoms with Crippen molar-refractivity contribution < 1.29 is 19.1 Å². The Morgan fingerprint density at radius 1 is 1.07 bits per heavy atom. The van der Waals surface area contributed by atoms with Gasteiger partial charge in [0.2, 0.25) is 0 Å². The summed E-state index contributed by atoms with van der Waals surface area (Å²) in [6.45, 7) is 1.73. The number of rotatable bonds is 3. The minimum atomic E-state index is -0.540. The van der Waals surface area contributed by atoms with E-state index in [4.69, 9.17) is 17.0 Å². The molecule has 6 nitrogen and oxygen atoms in total. The number of ether oxygens (including phenoxy) is 1. The van der Waals surface area contributed by atoms with Gasteiger partial charge in [-0.1, -0.05) is 59.9 Å². The van der Waals surface area contributed by atoms with E-state index in [-0.39, 0.29) is 22.9 Å². The minimum Gasteiger partial charge on any atom is -0.468 e. The highest BCUT2D eigenvalue weighted by Crippen LogP contribution is 2.45. The van der Waals surface area contributed by atoms with Gasteiger partial charge in [-0.25, -0.2) is 0 Å². The Bertz CT molecular complexity index is 1090. The average Bonchev–Trinajstić information content (AvgIpc) is 3.15. The van der Waals surface area contributed by atoms with Gasteiger partial charge in [-0.2, -0.15) is 0 Å². The van der Waals surface area contributed by atoms with Crippen molar-refractivity contribution in [1.29, 1.82) is 0 Å². The molecule has 2 aliphatic rings. The largest absolute Gasteiger partial charge is 0.468 e. The van der Waals surface area contributed by atoms with Crippen LogP contribution in [0.15, 0.2) is 53.4 Å². The highest BCUT2D eigenvalue weighted by Gasteiger charge is 2.42. The van der Waals surface area contributed by atoms with Gasteiger partial charge in [0.15, 0.2) is 4.32 Å². The molecular formula is C21H16N2O4S2. The molecule has 2 aliphatic heterocycles. The molecule has 0 aliphatic carbocycles. The van der Waals surface area contributed by atoms with Crippen molar-refractivity contribution in [1.82, 2.24) is 0 Å². The van der Waals surface area contributed by atoms with E-state index >= 15 is 0 Å². The Labute approximate surface area is 177 Å². The Morgan fingerprint density at radius 3 is 2.45 bits per heavy atom. The zero-order chi connectivity index (χ0) is 20.7. The number of anilines is 2. The summed E-state index contributed by atoms with van der Waals surface area (Å²) >= 11 is 6.53. The summed E-state index contributed by atoms with van der Waals surface area (Å²) < 4.78 is 5.07. The van der Waals surface area contributed by atoms with E-state index in [1.165, 1.54) is 16.9 Å². The lowest BCUT2D eigenvalue weighted by atomic mass is 10.1. The molecule has 0 unspecified atom stereocenters. The van der Waals surface area contributed by atoms with Crippen LogP contribution in [0, 0.1) is 6.92 Å². The SMILES string of the molecule is COC(=O)CN1C(=O)C(=C2SC(=S)N(c3ccc(C)cc3)C2=O)c2ccccc21. The molecule has 2 aromatic carbocycles. The first kappa shape index (κ1) is 19.4. The van der Waals surface area contributed by atoms with Gasteiger partial charge in [0.1, 0.15) is 6.54 Å². The number of carbonyl (C=O) groups is 3. The summed E-state index contributed by atoms with van der Waals surface area (Å²) in [5.41, 5.74) is 3.15. The fourth-order valence-corrected chi connectivity index (χ4v) is 4.66. The maximum absolute atomic E-state index is 13.2. The van der Waals surface area contributed by atoms with Gasteiger partial charge in [-0.05, 0) is 25.1 Å². The van der Waals surface area contributed by atoms with Crippen LogP contribution in [-0.4, -0.2) is 35.8 Å². The number of fused-ring (bicyclic) bond motifs is 1. The number of para-hydroxylation sites is 1.